The minimum atomic E-state index is -0.426. The molecule has 0 spiro atoms. The van der Waals surface area contributed by atoms with Crippen molar-refractivity contribution >= 4 is 5.69 Å². The quantitative estimate of drug-likeness (QED) is 0.762. The number of rotatable bonds is 2. The summed E-state index contributed by atoms with van der Waals surface area (Å²) >= 11 is 0. The van der Waals surface area contributed by atoms with Crippen molar-refractivity contribution in [3.63, 3.8) is 0 Å². The van der Waals surface area contributed by atoms with Crippen molar-refractivity contribution < 1.29 is 4.39 Å². The van der Waals surface area contributed by atoms with Crippen LogP contribution in [0.5, 0.6) is 0 Å². The third-order valence-corrected chi connectivity index (χ3v) is 3.35. The number of hydrogen-bond donors (Lipinski definition) is 0. The molecule has 1 aliphatic carbocycles. The van der Waals surface area contributed by atoms with Crippen molar-refractivity contribution in [1.29, 1.82) is 5.26 Å². The van der Waals surface area contributed by atoms with Crippen LogP contribution in [0.2, 0.25) is 0 Å². The summed E-state index contributed by atoms with van der Waals surface area (Å²) in [5, 5.41) is 8.66. The van der Waals surface area contributed by atoms with Gasteiger partial charge in [0.05, 0.1) is 5.56 Å². The summed E-state index contributed by atoms with van der Waals surface area (Å²) in [6, 6.07) is 7.18. The molecule has 1 saturated carbocycles. The molecule has 0 unspecified atom stereocenters. The van der Waals surface area contributed by atoms with Crippen molar-refractivity contribution in [2.75, 3.05) is 11.9 Å². The Balaban J connectivity index is 2.20. The standard InChI is InChI=1S/C13H15FN2/c1-16(11-4-2-3-5-11)12-7-6-10(9-15)13(14)8-12/h6-8,11H,2-5H2,1H3. The van der Waals surface area contributed by atoms with Crippen molar-refractivity contribution in [3.05, 3.63) is 29.6 Å². The maximum absolute atomic E-state index is 13.4. The molecule has 0 atom stereocenters. The molecule has 0 N–H and O–H groups in total. The third kappa shape index (κ3) is 2.01. The van der Waals surface area contributed by atoms with Crippen LogP contribution in [-0.4, -0.2) is 13.1 Å². The number of hydrogen-bond acceptors (Lipinski definition) is 2. The highest BCUT2D eigenvalue weighted by Gasteiger charge is 2.20. The molecule has 1 aromatic rings. The van der Waals surface area contributed by atoms with E-state index in [4.69, 9.17) is 5.26 Å². The maximum Gasteiger partial charge on any atom is 0.143 e. The Hall–Kier alpha value is -1.56. The second kappa shape index (κ2) is 4.52. The number of anilines is 1. The predicted molar refractivity (Wildman–Crippen MR) is 61.8 cm³/mol. The van der Waals surface area contributed by atoms with Crippen LogP contribution in [-0.2, 0) is 0 Å². The van der Waals surface area contributed by atoms with Gasteiger partial charge in [-0.15, -0.1) is 0 Å². The predicted octanol–water partition coefficient (Wildman–Crippen LogP) is 3.08. The first-order valence-corrected chi connectivity index (χ1v) is 5.65. The number of nitriles is 1. The van der Waals surface area contributed by atoms with Gasteiger partial charge in [0.2, 0.25) is 0 Å². The second-order valence-electron chi connectivity index (χ2n) is 4.33. The van der Waals surface area contributed by atoms with Gasteiger partial charge in [0.25, 0.3) is 0 Å². The highest BCUT2D eigenvalue weighted by Crippen LogP contribution is 2.27. The molecule has 0 aromatic heterocycles. The summed E-state index contributed by atoms with van der Waals surface area (Å²) in [6.07, 6.45) is 4.87. The molecule has 1 aliphatic rings. The molecule has 16 heavy (non-hydrogen) atoms. The van der Waals surface area contributed by atoms with E-state index >= 15 is 0 Å². The smallest absolute Gasteiger partial charge is 0.143 e. The Labute approximate surface area is 95.3 Å². The van der Waals surface area contributed by atoms with E-state index in [-0.39, 0.29) is 5.56 Å². The molecule has 0 saturated heterocycles. The first-order chi connectivity index (χ1) is 7.72. The van der Waals surface area contributed by atoms with Crippen molar-refractivity contribution in [1.82, 2.24) is 0 Å². The van der Waals surface area contributed by atoms with E-state index in [9.17, 15) is 4.39 Å². The van der Waals surface area contributed by atoms with E-state index in [1.165, 1.54) is 31.7 Å². The van der Waals surface area contributed by atoms with Gasteiger partial charge in [0, 0.05) is 18.8 Å². The van der Waals surface area contributed by atoms with Gasteiger partial charge in [-0.3, -0.25) is 0 Å². The van der Waals surface area contributed by atoms with E-state index < -0.39 is 5.82 Å². The lowest BCUT2D eigenvalue weighted by atomic mass is 10.1. The van der Waals surface area contributed by atoms with Crippen LogP contribution >= 0.6 is 0 Å². The Morgan fingerprint density at radius 2 is 2.06 bits per heavy atom. The van der Waals surface area contributed by atoms with Crippen molar-refractivity contribution in [2.24, 2.45) is 0 Å². The van der Waals surface area contributed by atoms with Gasteiger partial charge in [-0.05, 0) is 31.0 Å². The molecular formula is C13H15FN2. The van der Waals surface area contributed by atoms with Crippen LogP contribution < -0.4 is 4.90 Å². The Bertz CT molecular complexity index is 416. The molecule has 0 heterocycles. The van der Waals surface area contributed by atoms with Crippen LogP contribution in [0.25, 0.3) is 0 Å². The molecule has 1 aromatic carbocycles. The van der Waals surface area contributed by atoms with Crippen LogP contribution in [0.15, 0.2) is 18.2 Å². The Morgan fingerprint density at radius 3 is 2.62 bits per heavy atom. The fourth-order valence-electron chi connectivity index (χ4n) is 2.32. The van der Waals surface area contributed by atoms with Gasteiger partial charge in [-0.25, -0.2) is 4.39 Å². The zero-order valence-corrected chi connectivity index (χ0v) is 9.41. The first kappa shape index (κ1) is 10.9. The molecule has 0 radical (unpaired) electrons. The van der Waals surface area contributed by atoms with E-state index in [0.29, 0.717) is 6.04 Å². The highest BCUT2D eigenvalue weighted by atomic mass is 19.1. The molecule has 0 bridgehead atoms. The zero-order valence-electron chi connectivity index (χ0n) is 9.41. The maximum atomic E-state index is 13.4. The van der Waals surface area contributed by atoms with Gasteiger partial charge in [0.1, 0.15) is 11.9 Å². The molecule has 0 aliphatic heterocycles. The molecule has 2 nitrogen and oxygen atoms in total. The fourth-order valence-corrected chi connectivity index (χ4v) is 2.32. The summed E-state index contributed by atoms with van der Waals surface area (Å²) in [5.74, 6) is -0.426. The second-order valence-corrected chi connectivity index (χ2v) is 4.33. The molecule has 2 rings (SSSR count). The third-order valence-electron chi connectivity index (χ3n) is 3.35. The highest BCUT2D eigenvalue weighted by molar-refractivity contribution is 5.50. The van der Waals surface area contributed by atoms with Gasteiger partial charge in [-0.1, -0.05) is 12.8 Å². The lowest BCUT2D eigenvalue weighted by molar-refractivity contribution is 0.616. The summed E-state index contributed by atoms with van der Waals surface area (Å²) in [5.41, 5.74) is 0.979. The van der Waals surface area contributed by atoms with E-state index in [0.717, 1.165) is 5.69 Å². The van der Waals surface area contributed by atoms with Gasteiger partial charge >= 0.3 is 0 Å². The van der Waals surface area contributed by atoms with Crippen LogP contribution in [0.4, 0.5) is 10.1 Å². The zero-order chi connectivity index (χ0) is 11.5. The Morgan fingerprint density at radius 1 is 1.38 bits per heavy atom. The van der Waals surface area contributed by atoms with E-state index in [2.05, 4.69) is 4.90 Å². The SMILES string of the molecule is CN(c1ccc(C#N)c(F)c1)C1CCCC1. The average molecular weight is 218 g/mol. The normalized spacial score (nSPS) is 16.1. The minimum absolute atomic E-state index is 0.114. The lowest BCUT2D eigenvalue weighted by Crippen LogP contribution is -2.28. The van der Waals surface area contributed by atoms with E-state index in [1.54, 1.807) is 6.07 Å². The first-order valence-electron chi connectivity index (χ1n) is 5.65. The van der Waals surface area contributed by atoms with E-state index in [1.807, 2.05) is 19.2 Å². The fraction of sp³-hybridized carbons (Fsp3) is 0.462. The monoisotopic (exact) mass is 218 g/mol. The Kier molecular flexibility index (Phi) is 3.09. The van der Waals surface area contributed by atoms with Gasteiger partial charge in [0.15, 0.2) is 0 Å². The summed E-state index contributed by atoms with van der Waals surface area (Å²) in [7, 11) is 2.00. The van der Waals surface area contributed by atoms with Crippen molar-refractivity contribution in [3.8, 4) is 6.07 Å². The van der Waals surface area contributed by atoms with Crippen LogP contribution in [0.1, 0.15) is 31.2 Å². The summed E-state index contributed by atoms with van der Waals surface area (Å²) in [6.45, 7) is 0. The van der Waals surface area contributed by atoms with Gasteiger partial charge < -0.3 is 4.90 Å². The number of nitrogens with zero attached hydrogens (tertiary/aromatic N) is 2. The molecule has 84 valence electrons. The molecule has 0 amide bonds. The lowest BCUT2D eigenvalue weighted by Gasteiger charge is -2.26. The van der Waals surface area contributed by atoms with Gasteiger partial charge in [-0.2, -0.15) is 5.26 Å². The van der Waals surface area contributed by atoms with Crippen molar-refractivity contribution in [2.45, 2.75) is 31.7 Å². The molecule has 3 heteroatoms. The molecule has 1 fully saturated rings. The van der Waals surface area contributed by atoms with Crippen LogP contribution in [0.3, 0.4) is 0 Å². The van der Waals surface area contributed by atoms with Crippen LogP contribution in [0, 0.1) is 17.1 Å². The largest absolute Gasteiger partial charge is 0.372 e. The summed E-state index contributed by atoms with van der Waals surface area (Å²) in [4.78, 5) is 2.12. The summed E-state index contributed by atoms with van der Waals surface area (Å²) < 4.78 is 13.4. The topological polar surface area (TPSA) is 27.0 Å². The minimum Gasteiger partial charge on any atom is -0.372 e. The molecular weight excluding hydrogens is 203 g/mol. The number of benzene rings is 1. The average Bonchev–Trinajstić information content (AvgIpc) is 2.81. The number of halogens is 1.